The Balaban J connectivity index is 0.000000287. The van der Waals surface area contributed by atoms with Gasteiger partial charge in [0.2, 0.25) is 40.6 Å². The summed E-state index contributed by atoms with van der Waals surface area (Å²) in [5, 5.41) is 0.0326. The van der Waals surface area contributed by atoms with Gasteiger partial charge in [0.15, 0.2) is 34.5 Å². The largest absolute Gasteiger partial charge is 0.446 e. The van der Waals surface area contributed by atoms with E-state index < -0.39 is 140 Å². The van der Waals surface area contributed by atoms with Crippen molar-refractivity contribution in [1.29, 1.82) is 0 Å². The van der Waals surface area contributed by atoms with Gasteiger partial charge in [-0.2, -0.15) is 0 Å². The third-order valence-corrected chi connectivity index (χ3v) is 11.0. The Kier molecular flexibility index (Phi) is 18.4. The molecule has 1 aliphatic heterocycles. The third-order valence-electron chi connectivity index (χ3n) is 9.40. The predicted molar refractivity (Wildman–Crippen MR) is 254 cm³/mol. The summed E-state index contributed by atoms with van der Waals surface area (Å²) in [6, 6.07) is 4.90. The average Bonchev–Trinajstić information content (AvgIpc) is 3.30. The molecular weight excluding hydrogens is 1060 g/mol. The number of hydrogen-bond acceptors (Lipinski definition) is 27. The molecule has 0 N–H and O–H groups in total. The van der Waals surface area contributed by atoms with Crippen molar-refractivity contribution in [3.8, 4) is 51.7 Å². The molecule has 0 saturated carbocycles. The molecule has 0 fully saturated rings. The first-order chi connectivity index (χ1) is 36.4. The van der Waals surface area contributed by atoms with Gasteiger partial charge in [-0.1, -0.05) is 0 Å². The first-order valence-corrected chi connectivity index (χ1v) is 23.3. The summed E-state index contributed by atoms with van der Waals surface area (Å²) in [5.41, 5.74) is -0.422. The van der Waals surface area contributed by atoms with Crippen molar-refractivity contribution in [3.63, 3.8) is 0 Å². The molecule has 1 aromatic heterocycles. The monoisotopic (exact) mass is 1110 g/mol. The molecule has 0 bridgehead atoms. The van der Waals surface area contributed by atoms with Crippen molar-refractivity contribution in [2.24, 2.45) is 0 Å². The summed E-state index contributed by atoms with van der Waals surface area (Å²) in [5.74, 6) is -16.4. The molecule has 27 nitrogen and oxygen atoms in total. The van der Waals surface area contributed by atoms with Gasteiger partial charge in [0.1, 0.15) is 11.2 Å². The van der Waals surface area contributed by atoms with Crippen molar-refractivity contribution >= 4 is 105 Å². The summed E-state index contributed by atoms with van der Waals surface area (Å²) < 4.78 is 76.3. The molecule has 410 valence electrons. The summed E-state index contributed by atoms with van der Waals surface area (Å²) in [6.07, 6.45) is -1.95. The zero-order chi connectivity index (χ0) is 58.4. The Labute approximate surface area is 441 Å². The number of esters is 12. The van der Waals surface area contributed by atoms with E-state index in [9.17, 15) is 66.5 Å². The minimum Gasteiger partial charge on any atom is -0.446 e. The number of hydrogen-bond donors (Lipinski definition) is 0. The van der Waals surface area contributed by atoms with Crippen LogP contribution in [0.4, 0.5) is 0 Å². The molecule has 1 aliphatic carbocycles. The van der Waals surface area contributed by atoms with E-state index in [0.29, 0.717) is 0 Å². The first kappa shape index (κ1) is 59.2. The molecule has 4 aromatic rings. The SMILES string of the molecule is CC(=O)OC1=C(OC(C)=O)C(OC(C)=O)C(=O)c2cc3cc(OC(C)=O)c(OC(C)=O)c(OC(C)=O)c3nc21.CC(=O)Oc1cc2c(c(OC(C)=O)c1OC(C)=O)S(=O)c1c(cc(OC(C)=O)c(OC(C)=O)c1OC(C)=O)C2. The van der Waals surface area contributed by atoms with Crippen LogP contribution in [0.2, 0.25) is 0 Å². The maximum Gasteiger partial charge on any atom is 0.308 e. The lowest BCUT2D eigenvalue weighted by atomic mass is 9.93. The zero-order valence-electron chi connectivity index (χ0n) is 43.1. The maximum absolute atomic E-state index is 14.1. The minimum absolute atomic E-state index is 0.0326. The quantitative estimate of drug-likeness (QED) is 0.0957. The molecule has 6 rings (SSSR count). The van der Waals surface area contributed by atoms with E-state index in [1.54, 1.807) is 0 Å². The minimum atomic E-state index is -2.36. The smallest absolute Gasteiger partial charge is 0.308 e. The summed E-state index contributed by atoms with van der Waals surface area (Å²) >= 11 is 0. The van der Waals surface area contributed by atoms with Crippen molar-refractivity contribution in [3.05, 3.63) is 52.4 Å². The van der Waals surface area contributed by atoms with Gasteiger partial charge in [0.05, 0.1) is 26.2 Å². The van der Waals surface area contributed by atoms with Gasteiger partial charge in [0.25, 0.3) is 0 Å². The number of carbonyl (C=O) groups is 13. The molecule has 2 aliphatic rings. The molecule has 2 heterocycles. The molecular formula is C50H43NO26S. The normalized spacial score (nSPS) is 13.0. The molecule has 0 amide bonds. The number of nitrogens with zero attached hydrogens (tertiary/aromatic N) is 1. The van der Waals surface area contributed by atoms with Crippen LogP contribution in [0.15, 0.2) is 39.8 Å². The maximum atomic E-state index is 14.1. The van der Waals surface area contributed by atoms with Crippen molar-refractivity contribution < 1.29 is 123 Å². The zero-order valence-corrected chi connectivity index (χ0v) is 43.9. The van der Waals surface area contributed by atoms with Crippen molar-refractivity contribution in [2.45, 2.75) is 105 Å². The van der Waals surface area contributed by atoms with Gasteiger partial charge < -0.3 is 56.8 Å². The van der Waals surface area contributed by atoms with Crippen LogP contribution in [-0.4, -0.2) is 92.7 Å². The number of carbonyl (C=O) groups excluding carboxylic acids is 13. The molecule has 0 spiro atoms. The number of rotatable bonds is 12. The van der Waals surface area contributed by atoms with Gasteiger partial charge in [-0.05, 0) is 35.4 Å². The van der Waals surface area contributed by atoms with Gasteiger partial charge in [-0.25, -0.2) is 9.19 Å². The Morgan fingerprint density at radius 3 is 1.14 bits per heavy atom. The lowest BCUT2D eigenvalue weighted by Crippen LogP contribution is -2.36. The van der Waals surface area contributed by atoms with E-state index in [4.69, 9.17) is 56.8 Å². The van der Waals surface area contributed by atoms with Crippen LogP contribution >= 0.6 is 0 Å². The number of ketones is 1. The standard InChI is InChI=1S/C25H21NO13.C25H22O13S/c1-9(27)34-17-8-15-7-16-19(26-18(15)22(36-11(3)29)21(17)35-10(2)28)23(37-12(4)30)25(39-14(6)32)24(20(16)33)38-13(5)31;1-10(26)33-18-8-16-7-17-9-19(34-11(2)27)21(36-13(4)29)23(38-15(6)31)25(17)39(32)24(16)22(37-14(5)30)20(18)35-12(3)28/h7-8,24H,1-6H3;8-9H,7H2,1-6H3. The molecule has 78 heavy (non-hydrogen) atoms. The summed E-state index contributed by atoms with van der Waals surface area (Å²) in [4.78, 5) is 160. The van der Waals surface area contributed by atoms with E-state index in [1.807, 2.05) is 0 Å². The lowest BCUT2D eigenvalue weighted by molar-refractivity contribution is -0.148. The molecule has 1 atom stereocenters. The molecule has 0 radical (unpaired) electrons. The number of fused-ring (bicyclic) bond motifs is 4. The van der Waals surface area contributed by atoms with Crippen molar-refractivity contribution in [1.82, 2.24) is 4.98 Å². The van der Waals surface area contributed by atoms with Crippen LogP contribution < -0.4 is 42.6 Å². The van der Waals surface area contributed by atoms with Gasteiger partial charge >= 0.3 is 71.6 Å². The van der Waals surface area contributed by atoms with Crippen LogP contribution in [0, 0.1) is 0 Å². The number of benzene rings is 3. The molecule has 3 aromatic carbocycles. The summed E-state index contributed by atoms with van der Waals surface area (Å²) in [7, 11) is -2.36. The number of pyridine rings is 1. The highest BCUT2D eigenvalue weighted by atomic mass is 32.2. The van der Waals surface area contributed by atoms with Crippen LogP contribution in [0.25, 0.3) is 16.7 Å². The predicted octanol–water partition coefficient (Wildman–Crippen LogP) is 4.24. The Morgan fingerprint density at radius 2 is 0.769 bits per heavy atom. The molecule has 1 unspecified atom stereocenters. The fourth-order valence-electron chi connectivity index (χ4n) is 7.28. The second kappa shape index (κ2) is 24.3. The average molecular weight is 1110 g/mol. The highest BCUT2D eigenvalue weighted by molar-refractivity contribution is 7.85. The highest BCUT2D eigenvalue weighted by Crippen LogP contribution is 2.54. The Hall–Kier alpha value is -9.73. The lowest BCUT2D eigenvalue weighted by Gasteiger charge is -2.27. The second-order valence-electron chi connectivity index (χ2n) is 16.1. The van der Waals surface area contributed by atoms with Gasteiger partial charge in [0, 0.05) is 94.9 Å². The fraction of sp³-hybridized carbons (Fsp3) is 0.280. The van der Waals surface area contributed by atoms with Gasteiger partial charge in [-0.15, -0.1) is 0 Å². The van der Waals surface area contributed by atoms with E-state index in [1.165, 1.54) is 24.3 Å². The van der Waals surface area contributed by atoms with Crippen LogP contribution in [-0.2, 0) is 89.0 Å². The van der Waals surface area contributed by atoms with E-state index in [0.717, 1.165) is 83.1 Å². The van der Waals surface area contributed by atoms with Gasteiger partial charge in [-0.3, -0.25) is 62.3 Å². The number of Topliss-reactive ketones (excluding diaryl/α,β-unsaturated/α-hetero) is 1. The first-order valence-electron chi connectivity index (χ1n) is 22.2. The fourth-order valence-corrected chi connectivity index (χ4v) is 8.82. The van der Waals surface area contributed by atoms with E-state index >= 15 is 0 Å². The summed E-state index contributed by atoms with van der Waals surface area (Å²) in [6.45, 7) is 12.5. The van der Waals surface area contributed by atoms with Crippen molar-refractivity contribution in [2.75, 3.05) is 0 Å². The molecule has 0 saturated heterocycles. The van der Waals surface area contributed by atoms with E-state index in [2.05, 4.69) is 4.98 Å². The Morgan fingerprint density at radius 1 is 0.423 bits per heavy atom. The second-order valence-corrected chi connectivity index (χ2v) is 17.4. The Bertz CT molecular complexity index is 3310. The highest BCUT2D eigenvalue weighted by Gasteiger charge is 2.43. The third kappa shape index (κ3) is 13.9. The topological polar surface area (TPSA) is 363 Å². The van der Waals surface area contributed by atoms with E-state index in [-0.39, 0.29) is 66.7 Å². The number of ether oxygens (including phenoxy) is 12. The number of aromatic nitrogens is 1. The molecule has 28 heteroatoms. The van der Waals surface area contributed by atoms with Crippen LogP contribution in [0.3, 0.4) is 0 Å². The van der Waals surface area contributed by atoms with Crippen LogP contribution in [0.5, 0.6) is 51.7 Å². The van der Waals surface area contributed by atoms with Crippen LogP contribution in [0.1, 0.15) is 110 Å².